The average molecular weight is 441 g/mol. The summed E-state index contributed by atoms with van der Waals surface area (Å²) in [6.45, 7) is 8.30. The summed E-state index contributed by atoms with van der Waals surface area (Å²) < 4.78 is 34.7. The molecule has 0 atom stereocenters. The van der Waals surface area contributed by atoms with Crippen molar-refractivity contribution in [1.29, 1.82) is 0 Å². The maximum absolute atomic E-state index is 13.0. The summed E-state index contributed by atoms with van der Waals surface area (Å²) in [5.41, 5.74) is -1.04. The Morgan fingerprint density at radius 2 is 1.62 bits per heavy atom. The van der Waals surface area contributed by atoms with Crippen LogP contribution < -0.4 is 0 Å². The van der Waals surface area contributed by atoms with E-state index in [4.69, 9.17) is 4.74 Å². The smallest absolute Gasteiger partial charge is 0.244 e. The second-order valence-electron chi connectivity index (χ2n) is 6.47. The first-order valence-electron chi connectivity index (χ1n) is 6.58. The predicted molar refractivity (Wildman–Crippen MR) is 89.8 cm³/mol. The summed E-state index contributed by atoms with van der Waals surface area (Å²) in [4.78, 5) is 0.269. The van der Waals surface area contributed by atoms with Gasteiger partial charge in [-0.2, -0.15) is 4.31 Å². The zero-order valence-electron chi connectivity index (χ0n) is 12.5. The molecule has 0 aromatic heterocycles. The van der Waals surface area contributed by atoms with E-state index in [0.29, 0.717) is 17.6 Å². The quantitative estimate of drug-likeness (QED) is 0.702. The lowest BCUT2D eigenvalue weighted by atomic mass is 10.0. The van der Waals surface area contributed by atoms with Crippen molar-refractivity contribution < 1.29 is 13.2 Å². The summed E-state index contributed by atoms with van der Waals surface area (Å²) in [6.07, 6.45) is 0. The minimum Gasteiger partial charge on any atom is -0.367 e. The van der Waals surface area contributed by atoms with E-state index in [1.54, 1.807) is 18.2 Å². The van der Waals surface area contributed by atoms with Gasteiger partial charge in [-0.25, -0.2) is 8.42 Å². The highest BCUT2D eigenvalue weighted by molar-refractivity contribution is 9.11. The van der Waals surface area contributed by atoms with Crippen LogP contribution in [0.2, 0.25) is 0 Å². The standard InChI is InChI=1S/C14H19Br2NO3S/c1-13(2)8-17(9-14(3,4)20-13)21(18,19)12-7-10(15)5-6-11(12)16/h5-7H,8-9H2,1-4H3. The Balaban J connectivity index is 2.46. The molecule has 0 saturated carbocycles. The van der Waals surface area contributed by atoms with Crippen molar-refractivity contribution in [3.63, 3.8) is 0 Å². The van der Waals surface area contributed by atoms with Gasteiger partial charge in [0.05, 0.1) is 16.1 Å². The van der Waals surface area contributed by atoms with Crippen molar-refractivity contribution in [2.45, 2.75) is 43.8 Å². The number of sulfonamides is 1. The molecule has 1 aromatic carbocycles. The van der Waals surface area contributed by atoms with Gasteiger partial charge in [-0.3, -0.25) is 0 Å². The number of rotatable bonds is 2. The van der Waals surface area contributed by atoms with E-state index in [2.05, 4.69) is 31.9 Å². The highest BCUT2D eigenvalue weighted by atomic mass is 79.9. The van der Waals surface area contributed by atoms with Crippen LogP contribution in [0.15, 0.2) is 32.0 Å². The minimum atomic E-state index is -3.58. The molecule has 118 valence electrons. The topological polar surface area (TPSA) is 46.6 Å². The third-order valence-electron chi connectivity index (χ3n) is 3.18. The molecule has 1 saturated heterocycles. The first kappa shape index (κ1) is 17.4. The SMILES string of the molecule is CC1(C)CN(S(=O)(=O)c2cc(Br)ccc2Br)CC(C)(C)O1. The Labute approximate surface area is 143 Å². The number of benzene rings is 1. The molecule has 1 aliphatic rings. The van der Waals surface area contributed by atoms with Crippen molar-refractivity contribution in [3.8, 4) is 0 Å². The fourth-order valence-corrected chi connectivity index (χ4v) is 5.90. The monoisotopic (exact) mass is 439 g/mol. The van der Waals surface area contributed by atoms with Crippen molar-refractivity contribution >= 4 is 41.9 Å². The maximum atomic E-state index is 13.0. The molecule has 1 aliphatic heterocycles. The lowest BCUT2D eigenvalue weighted by Gasteiger charge is -2.46. The average Bonchev–Trinajstić information content (AvgIpc) is 2.28. The molecule has 0 aliphatic carbocycles. The number of halogens is 2. The van der Waals surface area contributed by atoms with Gasteiger partial charge in [0.15, 0.2) is 0 Å². The van der Waals surface area contributed by atoms with E-state index in [9.17, 15) is 8.42 Å². The molecule has 7 heteroatoms. The Morgan fingerprint density at radius 3 is 2.14 bits per heavy atom. The van der Waals surface area contributed by atoms with E-state index in [1.807, 2.05) is 27.7 Å². The number of hydrogen-bond acceptors (Lipinski definition) is 3. The van der Waals surface area contributed by atoms with Crippen molar-refractivity contribution in [1.82, 2.24) is 4.31 Å². The summed E-state index contributed by atoms with van der Waals surface area (Å²) >= 11 is 6.66. The first-order chi connectivity index (χ1) is 9.43. The largest absolute Gasteiger partial charge is 0.367 e. The van der Waals surface area contributed by atoms with Crippen LogP contribution in [-0.4, -0.2) is 37.0 Å². The Kier molecular flexibility index (Phi) is 4.64. The van der Waals surface area contributed by atoms with Crippen LogP contribution in [0.5, 0.6) is 0 Å². The van der Waals surface area contributed by atoms with Gasteiger partial charge in [0.2, 0.25) is 10.0 Å². The van der Waals surface area contributed by atoms with Crippen LogP contribution in [-0.2, 0) is 14.8 Å². The van der Waals surface area contributed by atoms with Crippen LogP contribution >= 0.6 is 31.9 Å². The van der Waals surface area contributed by atoms with Crippen molar-refractivity contribution in [3.05, 3.63) is 27.1 Å². The van der Waals surface area contributed by atoms with Crippen molar-refractivity contribution in [2.75, 3.05) is 13.1 Å². The number of hydrogen-bond donors (Lipinski definition) is 0. The summed E-state index contributed by atoms with van der Waals surface area (Å²) in [5.74, 6) is 0. The van der Waals surface area contributed by atoms with Crippen LogP contribution in [0.4, 0.5) is 0 Å². The van der Waals surface area contributed by atoms with E-state index in [0.717, 1.165) is 4.47 Å². The third kappa shape index (κ3) is 3.88. The van der Waals surface area contributed by atoms with Crippen LogP contribution in [0, 0.1) is 0 Å². The van der Waals surface area contributed by atoms with Gasteiger partial charge in [0, 0.05) is 22.0 Å². The van der Waals surface area contributed by atoms with Gasteiger partial charge in [-0.1, -0.05) is 15.9 Å². The molecule has 0 radical (unpaired) electrons. The molecule has 4 nitrogen and oxygen atoms in total. The summed E-state index contributed by atoms with van der Waals surface area (Å²) in [7, 11) is -3.58. The number of ether oxygens (including phenoxy) is 1. The Hall–Kier alpha value is 0.0500. The normalized spacial score (nSPS) is 22.2. The minimum absolute atomic E-state index is 0.269. The third-order valence-corrected chi connectivity index (χ3v) is 6.46. The molecule has 1 fully saturated rings. The van der Waals surface area contributed by atoms with Gasteiger partial charge in [-0.05, 0) is 61.8 Å². The summed E-state index contributed by atoms with van der Waals surface area (Å²) in [5, 5.41) is 0. The van der Waals surface area contributed by atoms with E-state index < -0.39 is 21.2 Å². The molecule has 0 bridgehead atoms. The lowest BCUT2D eigenvalue weighted by Crippen LogP contribution is -2.58. The fraction of sp³-hybridized carbons (Fsp3) is 0.571. The lowest BCUT2D eigenvalue weighted by molar-refractivity contribution is -0.163. The molecule has 0 spiro atoms. The van der Waals surface area contributed by atoms with Crippen LogP contribution in [0.25, 0.3) is 0 Å². The maximum Gasteiger partial charge on any atom is 0.244 e. The second-order valence-corrected chi connectivity index (χ2v) is 10.1. The van der Waals surface area contributed by atoms with Gasteiger partial charge >= 0.3 is 0 Å². The molecule has 1 aromatic rings. The molecular formula is C14H19Br2NO3S. The van der Waals surface area contributed by atoms with E-state index in [-0.39, 0.29) is 4.90 Å². The molecule has 2 rings (SSSR count). The predicted octanol–water partition coefficient (Wildman–Crippen LogP) is 3.79. The zero-order chi connectivity index (χ0) is 16.1. The molecule has 0 unspecified atom stereocenters. The number of morpholine rings is 1. The van der Waals surface area contributed by atoms with Crippen molar-refractivity contribution in [2.24, 2.45) is 0 Å². The fourth-order valence-electron chi connectivity index (χ4n) is 2.70. The second kappa shape index (κ2) is 5.60. The molecule has 1 heterocycles. The molecule has 21 heavy (non-hydrogen) atoms. The Bertz CT molecular complexity index is 640. The first-order valence-corrected chi connectivity index (χ1v) is 9.61. The molecule has 0 N–H and O–H groups in total. The van der Waals surface area contributed by atoms with Crippen LogP contribution in [0.1, 0.15) is 27.7 Å². The van der Waals surface area contributed by atoms with Gasteiger partial charge in [0.1, 0.15) is 0 Å². The molecular weight excluding hydrogens is 422 g/mol. The summed E-state index contributed by atoms with van der Waals surface area (Å²) in [6, 6.07) is 5.15. The zero-order valence-corrected chi connectivity index (χ0v) is 16.5. The van der Waals surface area contributed by atoms with Gasteiger partial charge < -0.3 is 4.74 Å². The van der Waals surface area contributed by atoms with E-state index >= 15 is 0 Å². The van der Waals surface area contributed by atoms with Gasteiger partial charge in [-0.15, -0.1) is 0 Å². The highest BCUT2D eigenvalue weighted by Gasteiger charge is 2.43. The van der Waals surface area contributed by atoms with Crippen LogP contribution in [0.3, 0.4) is 0 Å². The van der Waals surface area contributed by atoms with Gasteiger partial charge in [0.25, 0.3) is 0 Å². The number of nitrogens with zero attached hydrogens (tertiary/aromatic N) is 1. The Morgan fingerprint density at radius 1 is 1.10 bits per heavy atom. The van der Waals surface area contributed by atoms with E-state index in [1.165, 1.54) is 4.31 Å². The molecule has 0 amide bonds. The highest BCUT2D eigenvalue weighted by Crippen LogP contribution is 2.34.